The van der Waals surface area contributed by atoms with Crippen LogP contribution in [0, 0.1) is 0 Å². The lowest BCUT2D eigenvalue weighted by Crippen LogP contribution is -2.22. The summed E-state index contributed by atoms with van der Waals surface area (Å²) in [5.74, 6) is 0. The summed E-state index contributed by atoms with van der Waals surface area (Å²) < 4.78 is 5.66. The van der Waals surface area contributed by atoms with Gasteiger partial charge < -0.3 is 10.1 Å². The normalized spacial score (nSPS) is 20.7. The van der Waals surface area contributed by atoms with Gasteiger partial charge >= 0.3 is 0 Å². The molecule has 1 saturated heterocycles. The average Bonchev–Trinajstić information content (AvgIpc) is 2.33. The highest BCUT2D eigenvalue weighted by molar-refractivity contribution is 6.33. The minimum atomic E-state index is 0.418. The van der Waals surface area contributed by atoms with Crippen LogP contribution in [-0.2, 0) is 4.74 Å². The zero-order valence-electron chi connectivity index (χ0n) is 9.29. The molecule has 2 heterocycles. The van der Waals surface area contributed by atoms with Crippen molar-refractivity contribution in [3.63, 3.8) is 0 Å². The highest BCUT2D eigenvalue weighted by Gasteiger charge is 2.13. The number of halogens is 1. The van der Waals surface area contributed by atoms with Crippen LogP contribution in [0.15, 0.2) is 18.5 Å². The van der Waals surface area contributed by atoms with Gasteiger partial charge in [-0.15, -0.1) is 0 Å². The van der Waals surface area contributed by atoms with Crippen molar-refractivity contribution >= 4 is 17.3 Å². The molecule has 88 valence electrons. The molecule has 0 spiro atoms. The van der Waals surface area contributed by atoms with Crippen molar-refractivity contribution < 1.29 is 4.74 Å². The number of hydrogen-bond acceptors (Lipinski definition) is 3. The second-order valence-electron chi connectivity index (χ2n) is 4.06. The Bertz CT molecular complexity index is 327. The zero-order valence-corrected chi connectivity index (χ0v) is 10.0. The Morgan fingerprint density at radius 2 is 2.44 bits per heavy atom. The van der Waals surface area contributed by atoms with Crippen molar-refractivity contribution in [2.75, 3.05) is 18.5 Å². The number of anilines is 1. The maximum absolute atomic E-state index is 5.99. The van der Waals surface area contributed by atoms with Crippen LogP contribution in [0.5, 0.6) is 0 Å². The van der Waals surface area contributed by atoms with Gasteiger partial charge in [0.2, 0.25) is 0 Å². The van der Waals surface area contributed by atoms with Crippen LogP contribution in [0.2, 0.25) is 5.02 Å². The standard InChI is InChI=1S/C12H17ClN2O/c13-11-9-14-6-5-12(11)15-7-4-10-3-1-2-8-16-10/h5-6,9-10H,1-4,7-8H2,(H,14,15). The molecule has 0 bridgehead atoms. The van der Waals surface area contributed by atoms with Crippen LogP contribution in [0.25, 0.3) is 0 Å². The van der Waals surface area contributed by atoms with Crippen molar-refractivity contribution in [3.05, 3.63) is 23.5 Å². The number of aromatic nitrogens is 1. The third-order valence-electron chi connectivity index (χ3n) is 2.83. The maximum atomic E-state index is 5.99. The molecule has 1 aliphatic rings. The molecule has 1 fully saturated rings. The first-order valence-electron chi connectivity index (χ1n) is 5.81. The van der Waals surface area contributed by atoms with Crippen LogP contribution < -0.4 is 5.32 Å². The van der Waals surface area contributed by atoms with Crippen LogP contribution in [0.1, 0.15) is 25.7 Å². The molecule has 2 rings (SSSR count). The third-order valence-corrected chi connectivity index (χ3v) is 3.13. The Hall–Kier alpha value is -0.800. The summed E-state index contributed by atoms with van der Waals surface area (Å²) in [6, 6.07) is 1.89. The van der Waals surface area contributed by atoms with E-state index in [2.05, 4.69) is 10.3 Å². The second kappa shape index (κ2) is 6.06. The third kappa shape index (κ3) is 3.35. The molecule has 16 heavy (non-hydrogen) atoms. The predicted molar refractivity (Wildman–Crippen MR) is 65.9 cm³/mol. The van der Waals surface area contributed by atoms with E-state index >= 15 is 0 Å². The fraction of sp³-hybridized carbons (Fsp3) is 0.583. The van der Waals surface area contributed by atoms with E-state index < -0.39 is 0 Å². The highest BCUT2D eigenvalue weighted by atomic mass is 35.5. The topological polar surface area (TPSA) is 34.2 Å². The fourth-order valence-electron chi connectivity index (χ4n) is 1.92. The van der Waals surface area contributed by atoms with Crippen molar-refractivity contribution in [2.45, 2.75) is 31.8 Å². The fourth-order valence-corrected chi connectivity index (χ4v) is 2.11. The Morgan fingerprint density at radius 1 is 1.50 bits per heavy atom. The molecule has 0 saturated carbocycles. The lowest BCUT2D eigenvalue weighted by atomic mass is 10.1. The van der Waals surface area contributed by atoms with Crippen LogP contribution in [-0.4, -0.2) is 24.2 Å². The number of nitrogens with zero attached hydrogens (tertiary/aromatic N) is 1. The predicted octanol–water partition coefficient (Wildman–Crippen LogP) is 3.11. The zero-order chi connectivity index (χ0) is 11.2. The molecule has 0 amide bonds. The van der Waals surface area contributed by atoms with Gasteiger partial charge in [-0.1, -0.05) is 11.6 Å². The molecule has 0 aliphatic carbocycles. The first-order valence-corrected chi connectivity index (χ1v) is 6.19. The summed E-state index contributed by atoms with van der Waals surface area (Å²) in [7, 11) is 0. The van der Waals surface area contributed by atoms with Gasteiger partial charge in [-0.3, -0.25) is 4.98 Å². The van der Waals surface area contributed by atoms with Crippen LogP contribution >= 0.6 is 11.6 Å². The van der Waals surface area contributed by atoms with Gasteiger partial charge in [0.1, 0.15) is 0 Å². The molecule has 1 aromatic heterocycles. The molecule has 1 N–H and O–H groups in total. The second-order valence-corrected chi connectivity index (χ2v) is 4.47. The van der Waals surface area contributed by atoms with Gasteiger partial charge in [-0.25, -0.2) is 0 Å². The lowest BCUT2D eigenvalue weighted by Gasteiger charge is -2.22. The quantitative estimate of drug-likeness (QED) is 0.878. The first kappa shape index (κ1) is 11.7. The number of nitrogens with one attached hydrogen (secondary N) is 1. The number of pyridine rings is 1. The van der Waals surface area contributed by atoms with Gasteiger partial charge in [-0.05, 0) is 31.7 Å². The van der Waals surface area contributed by atoms with E-state index in [0.29, 0.717) is 11.1 Å². The van der Waals surface area contributed by atoms with E-state index in [1.165, 1.54) is 19.3 Å². The van der Waals surface area contributed by atoms with Gasteiger partial charge in [0.15, 0.2) is 0 Å². The van der Waals surface area contributed by atoms with Crippen LogP contribution in [0.4, 0.5) is 5.69 Å². The van der Waals surface area contributed by atoms with Crippen LogP contribution in [0.3, 0.4) is 0 Å². The Morgan fingerprint density at radius 3 is 3.19 bits per heavy atom. The van der Waals surface area contributed by atoms with E-state index in [1.54, 1.807) is 12.4 Å². The minimum Gasteiger partial charge on any atom is -0.384 e. The Balaban J connectivity index is 1.73. The molecule has 1 atom stereocenters. The summed E-state index contributed by atoms with van der Waals surface area (Å²) in [5.41, 5.74) is 0.951. The smallest absolute Gasteiger partial charge is 0.0820 e. The summed E-state index contributed by atoms with van der Waals surface area (Å²) in [6.07, 6.45) is 8.54. The molecule has 1 unspecified atom stereocenters. The lowest BCUT2D eigenvalue weighted by molar-refractivity contribution is 0.0134. The van der Waals surface area contributed by atoms with E-state index in [9.17, 15) is 0 Å². The monoisotopic (exact) mass is 240 g/mol. The summed E-state index contributed by atoms with van der Waals surface area (Å²) >= 11 is 5.99. The van der Waals surface area contributed by atoms with Gasteiger partial charge in [0, 0.05) is 25.5 Å². The minimum absolute atomic E-state index is 0.418. The largest absolute Gasteiger partial charge is 0.384 e. The Kier molecular flexibility index (Phi) is 4.43. The summed E-state index contributed by atoms with van der Waals surface area (Å²) in [5, 5.41) is 3.98. The van der Waals surface area contributed by atoms with E-state index in [4.69, 9.17) is 16.3 Å². The first-order chi connectivity index (χ1) is 7.86. The van der Waals surface area contributed by atoms with Crippen molar-refractivity contribution in [1.29, 1.82) is 0 Å². The summed E-state index contributed by atoms with van der Waals surface area (Å²) in [6.45, 7) is 1.81. The van der Waals surface area contributed by atoms with E-state index in [-0.39, 0.29) is 0 Å². The van der Waals surface area contributed by atoms with Gasteiger partial charge in [0.25, 0.3) is 0 Å². The molecule has 3 nitrogen and oxygen atoms in total. The van der Waals surface area contributed by atoms with E-state index in [1.807, 2.05) is 6.07 Å². The highest BCUT2D eigenvalue weighted by Crippen LogP contribution is 2.20. The molecule has 0 radical (unpaired) electrons. The maximum Gasteiger partial charge on any atom is 0.0820 e. The number of hydrogen-bond donors (Lipinski definition) is 1. The SMILES string of the molecule is Clc1cnccc1NCCC1CCCCO1. The van der Waals surface area contributed by atoms with Gasteiger partial charge in [0.05, 0.1) is 16.8 Å². The number of ether oxygens (including phenoxy) is 1. The molecule has 4 heteroatoms. The van der Waals surface area contributed by atoms with E-state index in [0.717, 1.165) is 25.3 Å². The van der Waals surface area contributed by atoms with Crippen molar-refractivity contribution in [2.24, 2.45) is 0 Å². The number of rotatable bonds is 4. The van der Waals surface area contributed by atoms with Crippen molar-refractivity contribution in [3.8, 4) is 0 Å². The molecular formula is C12H17ClN2O. The van der Waals surface area contributed by atoms with Crippen molar-refractivity contribution in [1.82, 2.24) is 4.98 Å². The molecular weight excluding hydrogens is 224 g/mol. The summed E-state index contributed by atoms with van der Waals surface area (Å²) in [4.78, 5) is 3.95. The molecule has 1 aliphatic heterocycles. The molecule has 1 aromatic rings. The Labute approximate surface area is 101 Å². The average molecular weight is 241 g/mol. The molecule has 0 aromatic carbocycles. The van der Waals surface area contributed by atoms with Gasteiger partial charge in [-0.2, -0.15) is 0 Å².